The topological polar surface area (TPSA) is 72.2 Å². The average Bonchev–Trinajstić information content (AvgIpc) is 2.25. The molecule has 0 aliphatic carbocycles. The predicted octanol–water partition coefficient (Wildman–Crippen LogP) is 2.04. The molecule has 0 amide bonds. The fourth-order valence-corrected chi connectivity index (χ4v) is 2.97. The maximum Gasteiger partial charge on any atom is 0.240 e. The van der Waals surface area contributed by atoms with E-state index in [1.54, 1.807) is 24.3 Å². The van der Waals surface area contributed by atoms with Gasteiger partial charge in [0.25, 0.3) is 0 Å². The molecule has 0 aromatic heterocycles. The lowest BCUT2D eigenvalue weighted by Gasteiger charge is -2.23. The van der Waals surface area contributed by atoms with E-state index in [9.17, 15) is 8.42 Å². The van der Waals surface area contributed by atoms with E-state index in [0.29, 0.717) is 0 Å². The second-order valence-corrected chi connectivity index (χ2v) is 7.96. The minimum Gasteiger partial charge on any atom is -0.326 e. The zero-order valence-corrected chi connectivity index (χ0v) is 12.9. The molecule has 0 saturated carbocycles. The highest BCUT2D eigenvalue weighted by molar-refractivity contribution is 7.89. The summed E-state index contributed by atoms with van der Waals surface area (Å²) in [5, 5.41) is 0. The van der Waals surface area contributed by atoms with Gasteiger partial charge in [-0.25, -0.2) is 13.1 Å². The fraction of sp³-hybridized carbons (Fsp3) is 0.571. The Bertz CT molecular complexity index is 501. The van der Waals surface area contributed by atoms with E-state index in [-0.39, 0.29) is 22.9 Å². The molecule has 0 heterocycles. The van der Waals surface area contributed by atoms with Crippen LogP contribution in [0.25, 0.3) is 0 Å². The summed E-state index contributed by atoms with van der Waals surface area (Å²) in [6, 6.07) is 6.59. The van der Waals surface area contributed by atoms with Crippen LogP contribution in [0.2, 0.25) is 0 Å². The number of rotatable bonds is 5. The highest BCUT2D eigenvalue weighted by Gasteiger charge is 2.19. The van der Waals surface area contributed by atoms with Crippen LogP contribution in [0.5, 0.6) is 0 Å². The molecule has 4 nitrogen and oxygen atoms in total. The molecular formula is C14H24N2O2S. The second kappa shape index (κ2) is 6.03. The van der Waals surface area contributed by atoms with Crippen molar-refractivity contribution in [3.63, 3.8) is 0 Å². The van der Waals surface area contributed by atoms with Gasteiger partial charge in [-0.2, -0.15) is 0 Å². The van der Waals surface area contributed by atoms with E-state index in [4.69, 9.17) is 5.73 Å². The Labute approximate surface area is 116 Å². The Morgan fingerprint density at radius 1 is 1.21 bits per heavy atom. The molecule has 1 aromatic carbocycles. The maximum absolute atomic E-state index is 12.0. The average molecular weight is 284 g/mol. The third kappa shape index (κ3) is 5.72. The summed E-state index contributed by atoms with van der Waals surface area (Å²) in [6.07, 6.45) is 0.767. The molecule has 0 bridgehead atoms. The van der Waals surface area contributed by atoms with Crippen molar-refractivity contribution in [2.45, 2.75) is 45.1 Å². The molecule has 0 spiro atoms. The van der Waals surface area contributed by atoms with Crippen LogP contribution in [0.1, 0.15) is 32.8 Å². The lowest BCUT2D eigenvalue weighted by atomic mass is 9.88. The Balaban J connectivity index is 2.63. The van der Waals surface area contributed by atoms with Crippen LogP contribution in [0, 0.1) is 12.3 Å². The third-order valence-corrected chi connectivity index (χ3v) is 4.18. The van der Waals surface area contributed by atoms with Gasteiger partial charge >= 0.3 is 0 Å². The minimum atomic E-state index is -3.46. The first kappa shape index (κ1) is 16.1. The summed E-state index contributed by atoms with van der Waals surface area (Å²) in [4.78, 5) is 0.279. The minimum absolute atomic E-state index is 0.0920. The summed E-state index contributed by atoms with van der Waals surface area (Å²) in [5.41, 5.74) is 7.07. The van der Waals surface area contributed by atoms with Gasteiger partial charge in [0, 0.05) is 12.6 Å². The number of nitrogens with two attached hydrogens (primary N) is 1. The van der Waals surface area contributed by atoms with Crippen molar-refractivity contribution >= 4 is 10.0 Å². The lowest BCUT2D eigenvalue weighted by molar-refractivity contribution is 0.338. The van der Waals surface area contributed by atoms with Crippen LogP contribution in [-0.2, 0) is 10.0 Å². The molecule has 0 radical (unpaired) electrons. The molecule has 19 heavy (non-hydrogen) atoms. The van der Waals surface area contributed by atoms with E-state index in [1.165, 1.54) is 0 Å². The first-order valence-corrected chi connectivity index (χ1v) is 7.90. The molecule has 0 aliphatic rings. The van der Waals surface area contributed by atoms with Crippen molar-refractivity contribution in [2.75, 3.05) is 6.54 Å². The van der Waals surface area contributed by atoms with Gasteiger partial charge in [-0.1, -0.05) is 38.5 Å². The highest BCUT2D eigenvalue weighted by Crippen LogP contribution is 2.19. The van der Waals surface area contributed by atoms with E-state index in [0.717, 1.165) is 12.0 Å². The first-order valence-electron chi connectivity index (χ1n) is 6.42. The Kier molecular flexibility index (Phi) is 5.12. The molecule has 0 aliphatic heterocycles. The largest absolute Gasteiger partial charge is 0.326 e. The Hall–Kier alpha value is -0.910. The summed E-state index contributed by atoms with van der Waals surface area (Å²) >= 11 is 0. The van der Waals surface area contributed by atoms with Crippen molar-refractivity contribution in [3.8, 4) is 0 Å². The van der Waals surface area contributed by atoms with E-state index in [1.807, 2.05) is 6.92 Å². The molecule has 108 valence electrons. The number of hydrogen-bond acceptors (Lipinski definition) is 3. The van der Waals surface area contributed by atoms with Gasteiger partial charge in [-0.15, -0.1) is 0 Å². The Morgan fingerprint density at radius 3 is 2.21 bits per heavy atom. The fourth-order valence-electron chi connectivity index (χ4n) is 1.88. The molecule has 1 unspecified atom stereocenters. The molecule has 1 rings (SSSR count). The van der Waals surface area contributed by atoms with Gasteiger partial charge in [-0.3, -0.25) is 0 Å². The van der Waals surface area contributed by atoms with Gasteiger partial charge in [-0.05, 0) is 30.9 Å². The number of hydrogen-bond donors (Lipinski definition) is 2. The number of benzene rings is 1. The van der Waals surface area contributed by atoms with Crippen LogP contribution in [0.4, 0.5) is 0 Å². The molecule has 3 N–H and O–H groups in total. The summed E-state index contributed by atoms with van der Waals surface area (Å²) in [6.45, 7) is 8.43. The van der Waals surface area contributed by atoms with Crippen LogP contribution in [-0.4, -0.2) is 21.0 Å². The van der Waals surface area contributed by atoms with Crippen LogP contribution in [0.15, 0.2) is 29.2 Å². The SMILES string of the molecule is Cc1ccc(S(=O)(=O)NCC(N)CC(C)(C)C)cc1. The van der Waals surface area contributed by atoms with Gasteiger partial charge in [0.2, 0.25) is 10.0 Å². The molecule has 5 heteroatoms. The van der Waals surface area contributed by atoms with Crippen LogP contribution in [0.3, 0.4) is 0 Å². The number of sulfonamides is 1. The van der Waals surface area contributed by atoms with E-state index in [2.05, 4.69) is 25.5 Å². The second-order valence-electron chi connectivity index (χ2n) is 6.19. The molecule has 0 saturated heterocycles. The summed E-state index contributed by atoms with van der Waals surface area (Å²) in [7, 11) is -3.46. The Morgan fingerprint density at radius 2 is 1.74 bits per heavy atom. The number of aryl methyl sites for hydroxylation is 1. The predicted molar refractivity (Wildman–Crippen MR) is 78.4 cm³/mol. The lowest BCUT2D eigenvalue weighted by Crippen LogP contribution is -2.39. The normalized spacial score (nSPS) is 14.4. The summed E-state index contributed by atoms with van der Waals surface area (Å²) in [5.74, 6) is 0. The van der Waals surface area contributed by atoms with Crippen molar-refractivity contribution in [3.05, 3.63) is 29.8 Å². The molecule has 1 aromatic rings. The van der Waals surface area contributed by atoms with Gasteiger partial charge in [0.05, 0.1) is 4.90 Å². The maximum atomic E-state index is 12.0. The van der Waals surface area contributed by atoms with Crippen molar-refractivity contribution in [1.82, 2.24) is 4.72 Å². The van der Waals surface area contributed by atoms with Crippen molar-refractivity contribution in [1.29, 1.82) is 0 Å². The molecule has 0 fully saturated rings. The monoisotopic (exact) mass is 284 g/mol. The van der Waals surface area contributed by atoms with Crippen molar-refractivity contribution in [2.24, 2.45) is 11.1 Å². The zero-order valence-electron chi connectivity index (χ0n) is 12.1. The van der Waals surface area contributed by atoms with Gasteiger partial charge in [0.1, 0.15) is 0 Å². The molecular weight excluding hydrogens is 260 g/mol. The van der Waals surface area contributed by atoms with Gasteiger partial charge < -0.3 is 5.73 Å². The van der Waals surface area contributed by atoms with E-state index < -0.39 is 10.0 Å². The van der Waals surface area contributed by atoms with Crippen molar-refractivity contribution < 1.29 is 8.42 Å². The highest BCUT2D eigenvalue weighted by atomic mass is 32.2. The smallest absolute Gasteiger partial charge is 0.240 e. The van der Waals surface area contributed by atoms with Crippen LogP contribution >= 0.6 is 0 Å². The zero-order chi connectivity index (χ0) is 14.7. The number of nitrogens with one attached hydrogen (secondary N) is 1. The standard InChI is InChI=1S/C14H24N2O2S/c1-11-5-7-13(8-6-11)19(17,18)16-10-12(15)9-14(2,3)4/h5-8,12,16H,9-10,15H2,1-4H3. The summed E-state index contributed by atoms with van der Waals surface area (Å²) < 4.78 is 26.7. The molecule has 1 atom stereocenters. The van der Waals surface area contributed by atoms with Gasteiger partial charge in [0.15, 0.2) is 0 Å². The first-order chi connectivity index (χ1) is 8.60. The quantitative estimate of drug-likeness (QED) is 0.869. The van der Waals surface area contributed by atoms with E-state index >= 15 is 0 Å². The third-order valence-electron chi connectivity index (χ3n) is 2.74. The van der Waals surface area contributed by atoms with Crippen LogP contribution < -0.4 is 10.5 Å².